The number of rotatable bonds is 6. The van der Waals surface area contributed by atoms with Gasteiger partial charge in [-0.3, -0.25) is 0 Å². The van der Waals surface area contributed by atoms with Crippen molar-refractivity contribution in [2.45, 2.75) is 0 Å². The maximum atomic E-state index is 5.68. The van der Waals surface area contributed by atoms with Crippen LogP contribution in [-0.2, 0) is 0 Å². The van der Waals surface area contributed by atoms with Gasteiger partial charge in [-0.1, -0.05) is 46.3 Å². The van der Waals surface area contributed by atoms with Crippen LogP contribution in [0.5, 0.6) is 11.5 Å². The fourth-order valence-electron chi connectivity index (χ4n) is 1.65. The minimum absolute atomic E-state index is 0.310. The van der Waals surface area contributed by atoms with Crippen LogP contribution in [0.15, 0.2) is 53.0 Å². The second-order valence-electron chi connectivity index (χ2n) is 4.01. The molecule has 2 aromatic rings. The number of nitrogens with two attached hydrogens (primary N) is 1. The van der Waals surface area contributed by atoms with E-state index in [1.807, 2.05) is 48.5 Å². The molecule has 2 rings (SSSR count). The number of para-hydroxylation sites is 1. The summed E-state index contributed by atoms with van der Waals surface area (Å²) in [7, 11) is 0. The van der Waals surface area contributed by atoms with Crippen molar-refractivity contribution in [2.24, 2.45) is 5.73 Å². The fraction of sp³-hybridized carbons (Fsp3) is 0.133. The lowest BCUT2D eigenvalue weighted by Gasteiger charge is -2.11. The van der Waals surface area contributed by atoms with Crippen molar-refractivity contribution in [1.29, 1.82) is 0 Å². The van der Waals surface area contributed by atoms with E-state index < -0.39 is 0 Å². The maximum absolute atomic E-state index is 5.68. The molecule has 104 valence electrons. The number of hydrogen-bond donors (Lipinski definition) is 1. The highest BCUT2D eigenvalue weighted by molar-refractivity contribution is 9.10. The minimum atomic E-state index is 0.310. The molecular weight excluding hydrogens is 338 g/mol. The van der Waals surface area contributed by atoms with E-state index in [0.717, 1.165) is 10.2 Å². The van der Waals surface area contributed by atoms with Gasteiger partial charge in [-0.15, -0.1) is 0 Å². The topological polar surface area (TPSA) is 44.5 Å². The van der Waals surface area contributed by atoms with Crippen molar-refractivity contribution < 1.29 is 9.47 Å². The van der Waals surface area contributed by atoms with Gasteiger partial charge in [-0.2, -0.15) is 0 Å². The predicted octanol–water partition coefficient (Wildman–Crippen LogP) is 3.54. The molecular formula is C15H14BrNO2S. The first kappa shape index (κ1) is 14.8. The van der Waals surface area contributed by atoms with Crippen LogP contribution in [0.3, 0.4) is 0 Å². The van der Waals surface area contributed by atoms with Crippen molar-refractivity contribution in [3.8, 4) is 11.5 Å². The van der Waals surface area contributed by atoms with Gasteiger partial charge in [-0.25, -0.2) is 0 Å². The Balaban J connectivity index is 1.90. The van der Waals surface area contributed by atoms with Gasteiger partial charge in [0, 0.05) is 4.47 Å². The molecule has 0 aliphatic carbocycles. The Hall–Kier alpha value is -1.59. The van der Waals surface area contributed by atoms with Crippen molar-refractivity contribution in [3.05, 3.63) is 58.6 Å². The van der Waals surface area contributed by atoms with Crippen molar-refractivity contribution in [2.75, 3.05) is 13.2 Å². The molecule has 0 aliphatic rings. The van der Waals surface area contributed by atoms with Crippen molar-refractivity contribution >= 4 is 33.1 Å². The van der Waals surface area contributed by atoms with E-state index in [9.17, 15) is 0 Å². The van der Waals surface area contributed by atoms with E-state index in [0.29, 0.717) is 29.5 Å². The summed E-state index contributed by atoms with van der Waals surface area (Å²) in [5, 5.41) is 0. The van der Waals surface area contributed by atoms with E-state index in [4.69, 9.17) is 27.4 Å². The Morgan fingerprint density at radius 1 is 1.05 bits per heavy atom. The number of benzene rings is 2. The Labute approximate surface area is 131 Å². The quantitative estimate of drug-likeness (QED) is 0.638. The smallest absolute Gasteiger partial charge is 0.129 e. The van der Waals surface area contributed by atoms with Crippen LogP contribution in [0.1, 0.15) is 5.56 Å². The van der Waals surface area contributed by atoms with Gasteiger partial charge in [-0.05, 0) is 30.3 Å². The summed E-state index contributed by atoms with van der Waals surface area (Å²) in [6.45, 7) is 0.878. The average Bonchev–Trinajstić information content (AvgIpc) is 2.45. The second kappa shape index (κ2) is 7.26. The molecule has 0 atom stereocenters. The Bertz CT molecular complexity index is 590. The molecule has 3 nitrogen and oxygen atoms in total. The zero-order valence-electron chi connectivity index (χ0n) is 10.7. The fourth-order valence-corrected chi connectivity index (χ4v) is 2.17. The van der Waals surface area contributed by atoms with Crippen molar-refractivity contribution in [1.82, 2.24) is 0 Å². The Kier molecular flexibility index (Phi) is 5.38. The van der Waals surface area contributed by atoms with Gasteiger partial charge in [0.1, 0.15) is 29.7 Å². The summed E-state index contributed by atoms with van der Waals surface area (Å²) in [5.41, 5.74) is 6.39. The highest BCUT2D eigenvalue weighted by Gasteiger charge is 2.07. The second-order valence-corrected chi connectivity index (χ2v) is 5.37. The molecule has 5 heteroatoms. The lowest BCUT2D eigenvalue weighted by molar-refractivity contribution is 0.217. The molecule has 2 N–H and O–H groups in total. The zero-order valence-corrected chi connectivity index (χ0v) is 13.1. The molecule has 0 saturated heterocycles. The molecule has 0 radical (unpaired) electrons. The number of hydrogen-bond acceptors (Lipinski definition) is 3. The minimum Gasteiger partial charge on any atom is -0.490 e. The van der Waals surface area contributed by atoms with E-state index in [2.05, 4.69) is 15.9 Å². The van der Waals surface area contributed by atoms with Gasteiger partial charge in [0.2, 0.25) is 0 Å². The molecule has 0 aliphatic heterocycles. The van der Waals surface area contributed by atoms with E-state index >= 15 is 0 Å². The molecule has 0 unspecified atom stereocenters. The average molecular weight is 352 g/mol. The Morgan fingerprint density at radius 3 is 2.45 bits per heavy atom. The highest BCUT2D eigenvalue weighted by atomic mass is 79.9. The predicted molar refractivity (Wildman–Crippen MR) is 87.5 cm³/mol. The summed E-state index contributed by atoms with van der Waals surface area (Å²) in [4.78, 5) is 0.310. The van der Waals surface area contributed by atoms with Crippen LogP contribution in [0.4, 0.5) is 0 Å². The van der Waals surface area contributed by atoms with Crippen LogP contribution in [0, 0.1) is 0 Å². The monoisotopic (exact) mass is 351 g/mol. The summed E-state index contributed by atoms with van der Waals surface area (Å²) < 4.78 is 12.1. The summed E-state index contributed by atoms with van der Waals surface area (Å²) >= 11 is 8.39. The molecule has 2 aromatic carbocycles. The lowest BCUT2D eigenvalue weighted by atomic mass is 10.2. The number of halogens is 1. The summed E-state index contributed by atoms with van der Waals surface area (Å²) in [6, 6.07) is 15.2. The third kappa shape index (κ3) is 4.21. The molecule has 0 heterocycles. The number of thiocarbonyl (C=S) groups is 1. The third-order valence-corrected chi connectivity index (χ3v) is 3.27. The molecule has 0 amide bonds. The molecule has 20 heavy (non-hydrogen) atoms. The summed E-state index contributed by atoms with van der Waals surface area (Å²) in [6.07, 6.45) is 0. The van der Waals surface area contributed by atoms with Gasteiger partial charge in [0.05, 0.1) is 5.56 Å². The third-order valence-electron chi connectivity index (χ3n) is 2.56. The SMILES string of the molecule is NC(=S)c1cc(Br)ccc1OCCOc1ccccc1. The van der Waals surface area contributed by atoms with E-state index in [1.165, 1.54) is 0 Å². The number of ether oxygens (including phenoxy) is 2. The lowest BCUT2D eigenvalue weighted by Crippen LogP contribution is -2.14. The van der Waals surface area contributed by atoms with E-state index in [1.54, 1.807) is 0 Å². The molecule has 0 fully saturated rings. The van der Waals surface area contributed by atoms with Crippen LogP contribution < -0.4 is 15.2 Å². The zero-order chi connectivity index (χ0) is 14.4. The maximum Gasteiger partial charge on any atom is 0.129 e. The molecule has 0 saturated carbocycles. The summed E-state index contributed by atoms with van der Waals surface area (Å²) in [5.74, 6) is 1.49. The highest BCUT2D eigenvalue weighted by Crippen LogP contribution is 2.23. The molecule has 0 bridgehead atoms. The first-order valence-corrected chi connectivity index (χ1v) is 7.27. The Morgan fingerprint density at radius 2 is 1.75 bits per heavy atom. The largest absolute Gasteiger partial charge is 0.490 e. The standard InChI is InChI=1S/C15H14BrNO2S/c16-11-6-7-14(13(10-11)15(17)20)19-9-8-18-12-4-2-1-3-5-12/h1-7,10H,8-9H2,(H2,17,20). The first-order chi connectivity index (χ1) is 9.66. The van der Waals surface area contributed by atoms with Gasteiger partial charge in [0.25, 0.3) is 0 Å². The molecule has 0 spiro atoms. The van der Waals surface area contributed by atoms with Gasteiger partial charge in [0.15, 0.2) is 0 Å². The van der Waals surface area contributed by atoms with Crippen molar-refractivity contribution in [3.63, 3.8) is 0 Å². The van der Waals surface area contributed by atoms with Gasteiger partial charge < -0.3 is 15.2 Å². The van der Waals surface area contributed by atoms with E-state index in [-0.39, 0.29) is 0 Å². The normalized spacial score (nSPS) is 10.1. The molecule has 0 aromatic heterocycles. The van der Waals surface area contributed by atoms with Crippen LogP contribution in [0.2, 0.25) is 0 Å². The van der Waals surface area contributed by atoms with Crippen LogP contribution in [-0.4, -0.2) is 18.2 Å². The van der Waals surface area contributed by atoms with Gasteiger partial charge >= 0.3 is 0 Å². The first-order valence-electron chi connectivity index (χ1n) is 6.07. The van der Waals surface area contributed by atoms with Crippen LogP contribution >= 0.6 is 28.1 Å². The van der Waals surface area contributed by atoms with Crippen LogP contribution in [0.25, 0.3) is 0 Å².